The lowest BCUT2D eigenvalue weighted by molar-refractivity contribution is 0.0528. The number of aryl methyl sites for hydroxylation is 1. The number of nitrogens with one attached hydrogen (secondary N) is 1. The van der Waals surface area contributed by atoms with Crippen LogP contribution >= 0.6 is 11.3 Å². The van der Waals surface area contributed by atoms with Crippen molar-refractivity contribution in [2.24, 2.45) is 0 Å². The fourth-order valence-corrected chi connectivity index (χ4v) is 3.37. The number of rotatable bonds is 6. The molecular weight excluding hydrogens is 274 g/mol. The van der Waals surface area contributed by atoms with Crippen LogP contribution in [0.2, 0.25) is 0 Å². The summed E-state index contributed by atoms with van der Waals surface area (Å²) in [6.45, 7) is 7.10. The SMILES string of the molecule is C=CCS(=O)(=O)Nc1sc(C)cc1C(=O)OCC. The van der Waals surface area contributed by atoms with Gasteiger partial charge in [-0.15, -0.1) is 17.9 Å². The zero-order valence-electron chi connectivity index (χ0n) is 10.2. The van der Waals surface area contributed by atoms with Crippen LogP contribution in [0.15, 0.2) is 18.7 Å². The van der Waals surface area contributed by atoms with Gasteiger partial charge < -0.3 is 4.74 Å². The van der Waals surface area contributed by atoms with Crippen LogP contribution in [-0.4, -0.2) is 26.7 Å². The van der Waals surface area contributed by atoms with Gasteiger partial charge in [-0.05, 0) is 19.9 Å². The Morgan fingerprint density at radius 1 is 1.61 bits per heavy atom. The summed E-state index contributed by atoms with van der Waals surface area (Å²) >= 11 is 1.20. The van der Waals surface area contributed by atoms with E-state index in [9.17, 15) is 13.2 Å². The number of esters is 1. The molecule has 1 aromatic heterocycles. The van der Waals surface area contributed by atoms with Crippen molar-refractivity contribution in [2.45, 2.75) is 13.8 Å². The van der Waals surface area contributed by atoms with E-state index in [1.54, 1.807) is 19.9 Å². The smallest absolute Gasteiger partial charge is 0.341 e. The quantitative estimate of drug-likeness (QED) is 0.643. The van der Waals surface area contributed by atoms with Gasteiger partial charge in [0.25, 0.3) is 0 Å². The molecule has 0 aliphatic rings. The second-order valence-corrected chi connectivity index (χ2v) is 6.52. The van der Waals surface area contributed by atoms with Gasteiger partial charge in [0.2, 0.25) is 10.0 Å². The van der Waals surface area contributed by atoms with E-state index in [0.717, 1.165) is 4.88 Å². The molecule has 1 aromatic rings. The van der Waals surface area contributed by atoms with Crippen molar-refractivity contribution < 1.29 is 17.9 Å². The minimum Gasteiger partial charge on any atom is -0.462 e. The average molecular weight is 289 g/mol. The van der Waals surface area contributed by atoms with Crippen molar-refractivity contribution in [3.05, 3.63) is 29.2 Å². The van der Waals surface area contributed by atoms with Gasteiger partial charge >= 0.3 is 5.97 Å². The number of hydrogen-bond acceptors (Lipinski definition) is 5. The van der Waals surface area contributed by atoms with E-state index in [0.29, 0.717) is 0 Å². The summed E-state index contributed by atoms with van der Waals surface area (Å²) in [5.41, 5.74) is 0.243. The first kappa shape index (κ1) is 14.7. The second-order valence-electron chi connectivity index (χ2n) is 3.49. The van der Waals surface area contributed by atoms with Gasteiger partial charge in [-0.1, -0.05) is 6.08 Å². The first-order valence-electron chi connectivity index (χ1n) is 5.28. The van der Waals surface area contributed by atoms with Gasteiger partial charge in [0, 0.05) is 4.88 Å². The molecule has 0 saturated heterocycles. The second kappa shape index (κ2) is 6.01. The van der Waals surface area contributed by atoms with Gasteiger partial charge in [-0.25, -0.2) is 13.2 Å². The van der Waals surface area contributed by atoms with Gasteiger partial charge in [-0.2, -0.15) is 0 Å². The lowest BCUT2D eigenvalue weighted by Crippen LogP contribution is -2.16. The van der Waals surface area contributed by atoms with Gasteiger partial charge in [0.05, 0.1) is 17.9 Å². The number of carbonyl (C=O) groups is 1. The maximum absolute atomic E-state index is 11.7. The predicted octanol–water partition coefficient (Wildman–Crippen LogP) is 2.16. The minimum absolute atomic E-state index is 0.202. The van der Waals surface area contributed by atoms with Gasteiger partial charge in [0.1, 0.15) is 5.00 Å². The van der Waals surface area contributed by atoms with Crippen LogP contribution < -0.4 is 4.72 Å². The van der Waals surface area contributed by atoms with Crippen molar-refractivity contribution in [3.63, 3.8) is 0 Å². The molecule has 0 bridgehead atoms. The largest absolute Gasteiger partial charge is 0.462 e. The molecule has 0 atom stereocenters. The molecule has 0 saturated carbocycles. The Morgan fingerprint density at radius 2 is 2.28 bits per heavy atom. The molecule has 0 fully saturated rings. The summed E-state index contributed by atoms with van der Waals surface area (Å²) in [5, 5.41) is 0.285. The molecule has 0 amide bonds. The first-order chi connectivity index (χ1) is 8.39. The molecule has 0 radical (unpaired) electrons. The highest BCUT2D eigenvalue weighted by Gasteiger charge is 2.19. The Kier molecular flexibility index (Phi) is 4.92. The van der Waals surface area contributed by atoms with Crippen molar-refractivity contribution in [1.82, 2.24) is 0 Å². The fraction of sp³-hybridized carbons (Fsp3) is 0.364. The summed E-state index contributed by atoms with van der Waals surface area (Å²) < 4.78 is 30.5. The van der Waals surface area contributed by atoms with Crippen LogP contribution in [0, 0.1) is 6.92 Å². The Labute approximate surface area is 111 Å². The number of thiophene rings is 1. The molecule has 0 aliphatic heterocycles. The van der Waals surface area contributed by atoms with E-state index >= 15 is 0 Å². The number of ether oxygens (including phenoxy) is 1. The lowest BCUT2D eigenvalue weighted by atomic mass is 10.3. The highest BCUT2D eigenvalue weighted by atomic mass is 32.2. The van der Waals surface area contributed by atoms with Crippen LogP contribution in [0.25, 0.3) is 0 Å². The van der Waals surface area contributed by atoms with Crippen LogP contribution in [-0.2, 0) is 14.8 Å². The Morgan fingerprint density at radius 3 is 2.83 bits per heavy atom. The van der Waals surface area contributed by atoms with Crippen molar-refractivity contribution in [1.29, 1.82) is 0 Å². The molecule has 0 aliphatic carbocycles. The topological polar surface area (TPSA) is 72.5 Å². The van der Waals surface area contributed by atoms with Gasteiger partial charge in [0.15, 0.2) is 0 Å². The summed E-state index contributed by atoms with van der Waals surface area (Å²) in [6.07, 6.45) is 1.28. The van der Waals surface area contributed by atoms with Crippen LogP contribution in [0.4, 0.5) is 5.00 Å². The van der Waals surface area contributed by atoms with Gasteiger partial charge in [-0.3, -0.25) is 4.72 Å². The third kappa shape index (κ3) is 3.85. The van der Waals surface area contributed by atoms with E-state index in [-0.39, 0.29) is 22.9 Å². The number of anilines is 1. The van der Waals surface area contributed by atoms with E-state index < -0.39 is 16.0 Å². The summed E-state index contributed by atoms with van der Waals surface area (Å²) in [7, 11) is -3.51. The molecule has 1 heterocycles. The normalized spacial score (nSPS) is 11.0. The fourth-order valence-electron chi connectivity index (χ4n) is 1.29. The van der Waals surface area contributed by atoms with Crippen molar-refractivity contribution in [3.8, 4) is 0 Å². The Hall–Kier alpha value is -1.34. The molecular formula is C11H15NO4S2. The Balaban J connectivity index is 3.02. The molecule has 100 valence electrons. The summed E-state index contributed by atoms with van der Waals surface area (Å²) in [4.78, 5) is 12.5. The zero-order chi connectivity index (χ0) is 13.8. The highest BCUT2D eigenvalue weighted by molar-refractivity contribution is 7.93. The maximum atomic E-state index is 11.7. The molecule has 0 unspecified atom stereocenters. The maximum Gasteiger partial charge on any atom is 0.341 e. The standard InChI is InChI=1S/C11H15NO4S2/c1-4-6-18(14,15)12-10-9(7-8(3)17-10)11(13)16-5-2/h4,7,12H,1,5-6H2,2-3H3. The molecule has 1 N–H and O–H groups in total. The average Bonchev–Trinajstić information content (AvgIpc) is 2.58. The van der Waals surface area contributed by atoms with Crippen molar-refractivity contribution >= 4 is 32.3 Å². The molecule has 0 aromatic carbocycles. The van der Waals surface area contributed by atoms with E-state index in [1.807, 2.05) is 0 Å². The lowest BCUT2D eigenvalue weighted by Gasteiger charge is -2.06. The molecule has 0 spiro atoms. The monoisotopic (exact) mass is 289 g/mol. The molecule has 7 heteroatoms. The number of sulfonamides is 1. The van der Waals surface area contributed by atoms with Crippen LogP contribution in [0.1, 0.15) is 22.2 Å². The van der Waals surface area contributed by atoms with Crippen LogP contribution in [0.5, 0.6) is 0 Å². The molecule has 5 nitrogen and oxygen atoms in total. The molecule has 1 rings (SSSR count). The zero-order valence-corrected chi connectivity index (χ0v) is 11.9. The third-order valence-electron chi connectivity index (χ3n) is 1.94. The van der Waals surface area contributed by atoms with E-state index in [4.69, 9.17) is 4.74 Å². The van der Waals surface area contributed by atoms with Crippen LogP contribution in [0.3, 0.4) is 0 Å². The Bertz CT molecular complexity index is 545. The number of carbonyl (C=O) groups excluding carboxylic acids is 1. The summed E-state index contributed by atoms with van der Waals surface area (Å²) in [5.74, 6) is -0.732. The highest BCUT2D eigenvalue weighted by Crippen LogP contribution is 2.29. The molecule has 18 heavy (non-hydrogen) atoms. The predicted molar refractivity (Wildman–Crippen MR) is 72.6 cm³/mol. The van der Waals surface area contributed by atoms with E-state index in [2.05, 4.69) is 11.3 Å². The minimum atomic E-state index is -3.51. The first-order valence-corrected chi connectivity index (χ1v) is 7.75. The van der Waals surface area contributed by atoms with Crippen molar-refractivity contribution in [2.75, 3.05) is 17.1 Å². The summed E-state index contributed by atoms with van der Waals surface area (Å²) in [6, 6.07) is 1.61. The third-order valence-corrected chi connectivity index (χ3v) is 4.22. The van der Waals surface area contributed by atoms with E-state index in [1.165, 1.54) is 17.4 Å². The number of hydrogen-bond donors (Lipinski definition) is 1.